The summed E-state index contributed by atoms with van der Waals surface area (Å²) < 4.78 is 0. The molecule has 0 saturated heterocycles. The van der Waals surface area contributed by atoms with Crippen LogP contribution in [-0.2, 0) is 9.59 Å². The third-order valence-electron chi connectivity index (χ3n) is 6.37. The highest BCUT2D eigenvalue weighted by atomic mass is 16.6. The largest absolute Gasteiger partial charge is 0.325 e. The van der Waals surface area contributed by atoms with Crippen LogP contribution >= 0.6 is 0 Å². The van der Waals surface area contributed by atoms with E-state index in [2.05, 4.69) is 5.32 Å². The van der Waals surface area contributed by atoms with Crippen molar-refractivity contribution >= 4 is 40.3 Å². The van der Waals surface area contributed by atoms with Crippen LogP contribution < -0.4 is 10.2 Å². The zero-order chi connectivity index (χ0) is 27.2. The number of benzene rings is 3. The number of carbonyl (C=O) groups is 2. The van der Waals surface area contributed by atoms with Gasteiger partial charge >= 0.3 is 0 Å². The summed E-state index contributed by atoms with van der Waals surface area (Å²) in [4.78, 5) is 45.5. The highest BCUT2D eigenvalue weighted by Crippen LogP contribution is 2.38. The van der Waals surface area contributed by atoms with Crippen LogP contribution in [0.3, 0.4) is 0 Å². The van der Waals surface area contributed by atoms with E-state index in [9.17, 15) is 19.7 Å². The fourth-order valence-electron chi connectivity index (χ4n) is 4.43. The first kappa shape index (κ1) is 26.7. The van der Waals surface area contributed by atoms with Crippen molar-refractivity contribution in [2.45, 2.75) is 25.7 Å². The summed E-state index contributed by atoms with van der Waals surface area (Å²) >= 11 is 0. The molecule has 1 atom stereocenters. The maximum absolute atomic E-state index is 13.1. The van der Waals surface area contributed by atoms with E-state index in [0.29, 0.717) is 35.6 Å². The SMILES string of the molecule is CCCC(=O)N(CCN(C)C)c1ccc(N=C(c2ccccc2)C2C(=O)Nc3ccc([N+](=O)[O-])cc32)cc1. The standard InChI is InChI=1S/C29H31N5O4/c1-4-8-26(35)33(18-17-32(2)3)22-13-11-21(12-14-22)30-28(20-9-6-5-7-10-20)27-24-19-23(34(37)38)15-16-25(24)31-29(27)36/h5-7,9-16,19,27H,4,8,17-18H2,1-3H3,(H,31,36). The Morgan fingerprint density at radius 2 is 1.74 bits per heavy atom. The van der Waals surface area contributed by atoms with E-state index in [-0.39, 0.29) is 17.5 Å². The van der Waals surface area contributed by atoms with Crippen molar-refractivity contribution in [3.05, 3.63) is 94.0 Å². The molecule has 0 spiro atoms. The topological polar surface area (TPSA) is 108 Å². The minimum Gasteiger partial charge on any atom is -0.325 e. The lowest BCUT2D eigenvalue weighted by atomic mass is 9.90. The Kier molecular flexibility index (Phi) is 8.28. The molecule has 1 heterocycles. The summed E-state index contributed by atoms with van der Waals surface area (Å²) in [6, 6.07) is 21.0. The Labute approximate surface area is 221 Å². The molecule has 1 aliphatic rings. The van der Waals surface area contributed by atoms with Gasteiger partial charge in [-0.2, -0.15) is 0 Å². The van der Waals surface area contributed by atoms with Gasteiger partial charge in [-0.1, -0.05) is 37.3 Å². The van der Waals surface area contributed by atoms with Gasteiger partial charge in [-0.15, -0.1) is 0 Å². The van der Waals surface area contributed by atoms with Gasteiger partial charge in [0.1, 0.15) is 5.92 Å². The summed E-state index contributed by atoms with van der Waals surface area (Å²) in [5.41, 5.74) is 3.58. The first-order chi connectivity index (χ1) is 18.3. The molecule has 1 N–H and O–H groups in total. The maximum Gasteiger partial charge on any atom is 0.269 e. The molecule has 38 heavy (non-hydrogen) atoms. The third-order valence-corrected chi connectivity index (χ3v) is 6.37. The van der Waals surface area contributed by atoms with E-state index in [1.807, 2.05) is 80.5 Å². The molecule has 0 saturated carbocycles. The fraction of sp³-hybridized carbons (Fsp3) is 0.276. The molecule has 0 aliphatic carbocycles. The van der Waals surface area contributed by atoms with E-state index in [1.165, 1.54) is 12.1 Å². The highest BCUT2D eigenvalue weighted by molar-refractivity contribution is 6.24. The van der Waals surface area contributed by atoms with Crippen LogP contribution in [0, 0.1) is 10.1 Å². The van der Waals surface area contributed by atoms with Gasteiger partial charge in [-0.3, -0.25) is 24.7 Å². The molecule has 9 heteroatoms. The number of likely N-dealkylation sites (N-methyl/N-ethyl adjacent to an activating group) is 1. The number of fused-ring (bicyclic) bond motifs is 1. The average Bonchev–Trinajstić information content (AvgIpc) is 3.23. The van der Waals surface area contributed by atoms with E-state index in [1.54, 1.807) is 11.0 Å². The van der Waals surface area contributed by atoms with Crippen molar-refractivity contribution in [2.75, 3.05) is 37.4 Å². The van der Waals surface area contributed by atoms with Gasteiger partial charge in [0.05, 0.1) is 16.3 Å². The van der Waals surface area contributed by atoms with E-state index >= 15 is 0 Å². The molecule has 1 aliphatic heterocycles. The number of hydrogen-bond donors (Lipinski definition) is 1. The first-order valence-electron chi connectivity index (χ1n) is 12.6. The lowest BCUT2D eigenvalue weighted by molar-refractivity contribution is -0.384. The van der Waals surface area contributed by atoms with Gasteiger partial charge < -0.3 is 15.1 Å². The summed E-state index contributed by atoms with van der Waals surface area (Å²) in [5, 5.41) is 14.2. The fourth-order valence-corrected chi connectivity index (χ4v) is 4.43. The Morgan fingerprint density at radius 3 is 2.37 bits per heavy atom. The molecule has 4 rings (SSSR count). The van der Waals surface area contributed by atoms with Crippen LogP contribution in [0.5, 0.6) is 0 Å². The molecule has 9 nitrogen and oxygen atoms in total. The molecule has 0 radical (unpaired) electrons. The zero-order valence-electron chi connectivity index (χ0n) is 21.8. The number of anilines is 2. The molecule has 0 fully saturated rings. The number of rotatable bonds is 10. The molecule has 196 valence electrons. The van der Waals surface area contributed by atoms with Crippen molar-refractivity contribution in [3.8, 4) is 0 Å². The summed E-state index contributed by atoms with van der Waals surface area (Å²) in [7, 11) is 3.94. The zero-order valence-corrected chi connectivity index (χ0v) is 21.8. The van der Waals surface area contributed by atoms with Crippen LogP contribution in [-0.4, -0.2) is 54.5 Å². The van der Waals surface area contributed by atoms with E-state index < -0.39 is 10.8 Å². The lowest BCUT2D eigenvalue weighted by Crippen LogP contribution is -2.36. The second-order valence-corrected chi connectivity index (χ2v) is 9.43. The monoisotopic (exact) mass is 513 g/mol. The van der Waals surface area contributed by atoms with Crippen molar-refractivity contribution in [1.29, 1.82) is 0 Å². The number of amides is 2. The minimum atomic E-state index is -0.810. The Bertz CT molecular complexity index is 1350. The van der Waals surface area contributed by atoms with Gasteiger partial charge in [0, 0.05) is 48.6 Å². The van der Waals surface area contributed by atoms with Crippen molar-refractivity contribution in [3.63, 3.8) is 0 Å². The van der Waals surface area contributed by atoms with Crippen LogP contribution in [0.25, 0.3) is 0 Å². The number of nitrogens with one attached hydrogen (secondary N) is 1. The number of hydrogen-bond acceptors (Lipinski definition) is 6. The quantitative estimate of drug-likeness (QED) is 0.229. The van der Waals surface area contributed by atoms with Crippen LogP contribution in [0.2, 0.25) is 0 Å². The Morgan fingerprint density at radius 1 is 1.03 bits per heavy atom. The molecule has 1 unspecified atom stereocenters. The highest BCUT2D eigenvalue weighted by Gasteiger charge is 2.36. The predicted molar refractivity (Wildman–Crippen MR) is 149 cm³/mol. The number of nitro benzene ring substituents is 1. The number of nitro groups is 1. The summed E-state index contributed by atoms with van der Waals surface area (Å²) in [6.07, 6.45) is 1.23. The molecule has 0 bridgehead atoms. The number of carbonyl (C=O) groups excluding carboxylic acids is 2. The second-order valence-electron chi connectivity index (χ2n) is 9.43. The van der Waals surface area contributed by atoms with Gasteiger partial charge in [-0.05, 0) is 56.4 Å². The molecule has 2 amide bonds. The van der Waals surface area contributed by atoms with Gasteiger partial charge in [0.2, 0.25) is 11.8 Å². The van der Waals surface area contributed by atoms with Crippen LogP contribution in [0.4, 0.5) is 22.7 Å². The average molecular weight is 514 g/mol. The number of non-ortho nitro benzene ring substituents is 1. The molecular formula is C29H31N5O4. The normalized spacial score (nSPS) is 14.8. The smallest absolute Gasteiger partial charge is 0.269 e. The second kappa shape index (κ2) is 11.8. The van der Waals surface area contributed by atoms with Gasteiger partial charge in [0.15, 0.2) is 0 Å². The Balaban J connectivity index is 1.73. The summed E-state index contributed by atoms with van der Waals surface area (Å²) in [6.45, 7) is 3.29. The van der Waals surface area contributed by atoms with Crippen molar-refractivity contribution in [2.24, 2.45) is 4.99 Å². The third kappa shape index (κ3) is 5.95. The molecule has 0 aromatic heterocycles. The predicted octanol–water partition coefficient (Wildman–Crippen LogP) is 5.15. The van der Waals surface area contributed by atoms with Crippen LogP contribution in [0.1, 0.15) is 36.8 Å². The van der Waals surface area contributed by atoms with E-state index in [4.69, 9.17) is 4.99 Å². The lowest BCUT2D eigenvalue weighted by Gasteiger charge is -2.24. The van der Waals surface area contributed by atoms with Gasteiger partial charge in [-0.25, -0.2) is 0 Å². The maximum atomic E-state index is 13.1. The molecule has 3 aromatic rings. The molecular weight excluding hydrogens is 482 g/mol. The first-order valence-corrected chi connectivity index (χ1v) is 12.6. The number of aliphatic imine (C=N–C) groups is 1. The Hall–Kier alpha value is -4.37. The van der Waals surface area contributed by atoms with Crippen molar-refractivity contribution in [1.82, 2.24) is 4.90 Å². The number of nitrogens with zero attached hydrogens (tertiary/aromatic N) is 4. The summed E-state index contributed by atoms with van der Waals surface area (Å²) in [5.74, 6) is -1.04. The van der Waals surface area contributed by atoms with Gasteiger partial charge in [0.25, 0.3) is 5.69 Å². The molecule has 3 aromatic carbocycles. The van der Waals surface area contributed by atoms with Crippen LogP contribution in [0.15, 0.2) is 77.8 Å². The van der Waals surface area contributed by atoms with Crippen molar-refractivity contribution < 1.29 is 14.5 Å². The van der Waals surface area contributed by atoms with E-state index in [0.717, 1.165) is 24.2 Å². The minimum absolute atomic E-state index is 0.0661.